The molecule has 0 spiro atoms. The first-order valence-electron chi connectivity index (χ1n) is 9.36. The third-order valence-electron chi connectivity index (χ3n) is 4.26. The van der Waals surface area contributed by atoms with Crippen molar-refractivity contribution in [2.45, 2.75) is 39.8 Å². The lowest BCUT2D eigenvalue weighted by molar-refractivity contribution is -0.139. The van der Waals surface area contributed by atoms with Crippen molar-refractivity contribution in [2.24, 2.45) is 0 Å². The molecule has 7 nitrogen and oxygen atoms in total. The Bertz CT molecular complexity index is 685. The first-order valence-corrected chi connectivity index (χ1v) is 9.36. The quantitative estimate of drug-likeness (QED) is 0.648. The molecular formula is C20H29N3O4. The van der Waals surface area contributed by atoms with Crippen molar-refractivity contribution in [3.63, 3.8) is 0 Å². The van der Waals surface area contributed by atoms with Gasteiger partial charge in [-0.25, -0.2) is 9.59 Å². The molecule has 27 heavy (non-hydrogen) atoms. The van der Waals surface area contributed by atoms with Crippen LogP contribution in [0.1, 0.15) is 32.8 Å². The molecule has 148 valence electrons. The Morgan fingerprint density at radius 3 is 2.41 bits per heavy atom. The number of ether oxygens (including phenoxy) is 2. The maximum absolute atomic E-state index is 12.4. The van der Waals surface area contributed by atoms with Crippen LogP contribution < -0.4 is 15.4 Å². The normalized spacial score (nSPS) is 16.8. The smallest absolute Gasteiger partial charge is 0.337 e. The summed E-state index contributed by atoms with van der Waals surface area (Å²) < 4.78 is 10.7. The molecular weight excluding hydrogens is 346 g/mol. The Hall–Kier alpha value is -2.54. The first kappa shape index (κ1) is 20.8. The van der Waals surface area contributed by atoms with Crippen LogP contribution >= 0.6 is 0 Å². The van der Waals surface area contributed by atoms with Gasteiger partial charge in [0.2, 0.25) is 0 Å². The highest BCUT2D eigenvalue weighted by molar-refractivity contribution is 5.94. The molecule has 1 atom stereocenters. The van der Waals surface area contributed by atoms with E-state index >= 15 is 0 Å². The van der Waals surface area contributed by atoms with E-state index in [0.29, 0.717) is 44.0 Å². The van der Waals surface area contributed by atoms with Gasteiger partial charge in [0.1, 0.15) is 5.75 Å². The van der Waals surface area contributed by atoms with Crippen molar-refractivity contribution >= 4 is 12.0 Å². The van der Waals surface area contributed by atoms with Gasteiger partial charge in [-0.1, -0.05) is 19.1 Å². The molecule has 0 saturated carbocycles. The Morgan fingerprint density at radius 1 is 1.11 bits per heavy atom. The minimum atomic E-state index is -0.388. The number of likely N-dealkylation sites (N-methyl/N-ethyl adjacent to an activating group) is 1. The molecule has 1 aliphatic heterocycles. The largest absolute Gasteiger partial charge is 0.494 e. The van der Waals surface area contributed by atoms with Gasteiger partial charge in [0.05, 0.1) is 24.8 Å². The fourth-order valence-corrected chi connectivity index (χ4v) is 3.08. The standard InChI is InChI=1S/C20H29N3O4/c1-5-16-18(19(24)27-7-3)17(22-20(25)21-16)13-23(4)12-14-8-10-15(11-9-14)26-6-2/h8-11,16H,5-7,12-13H2,1-4H3,(H2,21,22,25). The van der Waals surface area contributed by atoms with Gasteiger partial charge in [-0.05, 0) is 45.0 Å². The van der Waals surface area contributed by atoms with E-state index in [9.17, 15) is 9.59 Å². The van der Waals surface area contributed by atoms with Gasteiger partial charge >= 0.3 is 12.0 Å². The van der Waals surface area contributed by atoms with Crippen molar-refractivity contribution in [3.05, 3.63) is 41.1 Å². The van der Waals surface area contributed by atoms with Crippen LogP contribution in [0.5, 0.6) is 5.75 Å². The maximum Gasteiger partial charge on any atom is 0.337 e. The van der Waals surface area contributed by atoms with Gasteiger partial charge in [-0.15, -0.1) is 0 Å². The molecule has 2 N–H and O–H groups in total. The lowest BCUT2D eigenvalue weighted by Crippen LogP contribution is -2.51. The molecule has 0 bridgehead atoms. The fraction of sp³-hybridized carbons (Fsp3) is 0.500. The highest BCUT2D eigenvalue weighted by Gasteiger charge is 2.31. The second kappa shape index (κ2) is 9.97. The molecule has 1 heterocycles. The van der Waals surface area contributed by atoms with Crippen LogP contribution in [0.2, 0.25) is 0 Å². The van der Waals surface area contributed by atoms with Crippen molar-refractivity contribution in [2.75, 3.05) is 26.8 Å². The molecule has 0 aromatic heterocycles. The van der Waals surface area contributed by atoms with E-state index in [2.05, 4.69) is 10.6 Å². The van der Waals surface area contributed by atoms with E-state index in [-0.39, 0.29) is 18.0 Å². The lowest BCUT2D eigenvalue weighted by atomic mass is 10.00. The summed E-state index contributed by atoms with van der Waals surface area (Å²) in [5.74, 6) is 0.453. The van der Waals surface area contributed by atoms with Crippen molar-refractivity contribution in [3.8, 4) is 5.75 Å². The minimum Gasteiger partial charge on any atom is -0.494 e. The third kappa shape index (κ3) is 5.72. The number of esters is 1. The number of nitrogens with zero attached hydrogens (tertiary/aromatic N) is 1. The molecule has 1 unspecified atom stereocenters. The number of carbonyl (C=O) groups excluding carboxylic acids is 2. The highest BCUT2D eigenvalue weighted by Crippen LogP contribution is 2.19. The summed E-state index contributed by atoms with van der Waals surface area (Å²) in [6.07, 6.45) is 0.619. The van der Waals surface area contributed by atoms with Crippen LogP contribution in [0.3, 0.4) is 0 Å². The molecule has 1 aromatic carbocycles. The van der Waals surface area contributed by atoms with Crippen LogP contribution in [-0.2, 0) is 16.1 Å². The Balaban J connectivity index is 2.14. The summed E-state index contributed by atoms with van der Waals surface area (Å²) >= 11 is 0. The summed E-state index contributed by atoms with van der Waals surface area (Å²) in [4.78, 5) is 26.4. The van der Waals surface area contributed by atoms with Gasteiger partial charge in [0, 0.05) is 18.8 Å². The maximum atomic E-state index is 12.4. The topological polar surface area (TPSA) is 79.9 Å². The van der Waals surface area contributed by atoms with Crippen LogP contribution in [0.25, 0.3) is 0 Å². The molecule has 1 aliphatic rings. The van der Waals surface area contributed by atoms with Crippen LogP contribution in [0, 0.1) is 0 Å². The van der Waals surface area contributed by atoms with Gasteiger partial charge in [-0.2, -0.15) is 0 Å². The van der Waals surface area contributed by atoms with Crippen LogP contribution in [0.15, 0.2) is 35.5 Å². The number of hydrogen-bond donors (Lipinski definition) is 2. The average molecular weight is 375 g/mol. The minimum absolute atomic E-state index is 0.292. The summed E-state index contributed by atoms with van der Waals surface area (Å²) in [5.41, 5.74) is 2.21. The van der Waals surface area contributed by atoms with E-state index in [4.69, 9.17) is 9.47 Å². The van der Waals surface area contributed by atoms with Crippen LogP contribution in [0.4, 0.5) is 4.79 Å². The predicted molar refractivity (Wildman–Crippen MR) is 103 cm³/mol. The van der Waals surface area contributed by atoms with E-state index in [1.54, 1.807) is 6.92 Å². The SMILES string of the molecule is CCOC(=O)C1=C(CN(C)Cc2ccc(OCC)cc2)NC(=O)NC1CC. The zero-order valence-electron chi connectivity index (χ0n) is 16.5. The van der Waals surface area contributed by atoms with Gasteiger partial charge in [-0.3, -0.25) is 4.90 Å². The fourth-order valence-electron chi connectivity index (χ4n) is 3.08. The Morgan fingerprint density at radius 2 is 1.81 bits per heavy atom. The molecule has 2 rings (SSSR count). The Labute approximate surface area is 160 Å². The molecule has 1 aromatic rings. The predicted octanol–water partition coefficient (Wildman–Crippen LogP) is 2.43. The number of carbonyl (C=O) groups is 2. The number of hydrogen-bond acceptors (Lipinski definition) is 5. The molecule has 0 saturated heterocycles. The number of rotatable bonds is 9. The van der Waals surface area contributed by atoms with Gasteiger partial charge < -0.3 is 20.1 Å². The summed E-state index contributed by atoms with van der Waals surface area (Å²) in [6.45, 7) is 7.69. The molecule has 7 heteroatoms. The van der Waals surface area contributed by atoms with E-state index in [0.717, 1.165) is 11.3 Å². The molecule has 0 aliphatic carbocycles. The van der Waals surface area contributed by atoms with Crippen molar-refractivity contribution < 1.29 is 19.1 Å². The number of benzene rings is 1. The molecule has 0 fully saturated rings. The monoisotopic (exact) mass is 375 g/mol. The lowest BCUT2D eigenvalue weighted by Gasteiger charge is -2.30. The highest BCUT2D eigenvalue weighted by atomic mass is 16.5. The second-order valence-electron chi connectivity index (χ2n) is 6.42. The summed E-state index contributed by atoms with van der Waals surface area (Å²) in [5, 5.41) is 5.57. The summed E-state index contributed by atoms with van der Waals surface area (Å²) in [6, 6.07) is 7.27. The average Bonchev–Trinajstić information content (AvgIpc) is 2.63. The molecule has 2 amide bonds. The zero-order valence-corrected chi connectivity index (χ0v) is 16.5. The number of amides is 2. The van der Waals surface area contributed by atoms with E-state index in [1.165, 1.54) is 0 Å². The van der Waals surface area contributed by atoms with Gasteiger partial charge in [0.25, 0.3) is 0 Å². The van der Waals surface area contributed by atoms with Gasteiger partial charge in [0.15, 0.2) is 0 Å². The second-order valence-corrected chi connectivity index (χ2v) is 6.42. The Kier molecular flexibility index (Phi) is 7.67. The number of urea groups is 1. The zero-order chi connectivity index (χ0) is 19.8. The van der Waals surface area contributed by atoms with E-state index in [1.807, 2.05) is 50.1 Å². The summed E-state index contributed by atoms with van der Waals surface area (Å²) in [7, 11) is 1.95. The van der Waals surface area contributed by atoms with Crippen molar-refractivity contribution in [1.82, 2.24) is 15.5 Å². The van der Waals surface area contributed by atoms with Crippen molar-refractivity contribution in [1.29, 1.82) is 0 Å². The van der Waals surface area contributed by atoms with Crippen LogP contribution in [-0.4, -0.2) is 49.7 Å². The third-order valence-corrected chi connectivity index (χ3v) is 4.26. The number of nitrogens with one attached hydrogen (secondary N) is 2. The first-order chi connectivity index (χ1) is 13.0. The molecule has 0 radical (unpaired) electrons. The van der Waals surface area contributed by atoms with E-state index < -0.39 is 0 Å².